The predicted molar refractivity (Wildman–Crippen MR) is 115 cm³/mol. The smallest absolute Gasteiger partial charge is 0.243 e. The minimum atomic E-state index is -3.46. The van der Waals surface area contributed by atoms with E-state index in [0.29, 0.717) is 29.8 Å². The molecular weight excluding hydrogens is 384 g/mol. The van der Waals surface area contributed by atoms with Crippen molar-refractivity contribution in [2.75, 3.05) is 26.2 Å². The summed E-state index contributed by atoms with van der Waals surface area (Å²) in [6, 6.07) is 16.7. The van der Waals surface area contributed by atoms with E-state index in [0.717, 1.165) is 37.6 Å². The van der Waals surface area contributed by atoms with Crippen molar-refractivity contribution in [3.05, 3.63) is 54.6 Å². The van der Waals surface area contributed by atoms with Gasteiger partial charge in [-0.15, -0.1) is 0 Å². The third kappa shape index (κ3) is 4.82. The van der Waals surface area contributed by atoms with Gasteiger partial charge in [0.1, 0.15) is 11.5 Å². The zero-order chi connectivity index (χ0) is 20.3. The molecular formula is C23H30N2O3S. The monoisotopic (exact) mass is 414 g/mol. The molecule has 2 fully saturated rings. The second-order valence-corrected chi connectivity index (χ2v) is 10.2. The quantitative estimate of drug-likeness (QED) is 0.729. The van der Waals surface area contributed by atoms with Gasteiger partial charge in [-0.2, -0.15) is 4.31 Å². The molecule has 2 heterocycles. The molecule has 0 radical (unpaired) electrons. The van der Waals surface area contributed by atoms with E-state index < -0.39 is 10.0 Å². The Morgan fingerprint density at radius 2 is 1.38 bits per heavy atom. The van der Waals surface area contributed by atoms with E-state index in [2.05, 4.69) is 11.8 Å². The van der Waals surface area contributed by atoms with Crippen molar-refractivity contribution in [1.82, 2.24) is 9.21 Å². The fourth-order valence-electron chi connectivity index (χ4n) is 4.29. The molecule has 6 heteroatoms. The Bertz CT molecular complexity index is 883. The van der Waals surface area contributed by atoms with Crippen LogP contribution < -0.4 is 4.74 Å². The average Bonchev–Trinajstić information content (AvgIpc) is 2.75. The van der Waals surface area contributed by atoms with Crippen LogP contribution in [-0.2, 0) is 10.0 Å². The van der Waals surface area contributed by atoms with Crippen LogP contribution in [0.4, 0.5) is 0 Å². The lowest BCUT2D eigenvalue weighted by Gasteiger charge is -2.41. The second kappa shape index (κ2) is 8.86. The van der Waals surface area contributed by atoms with Crippen molar-refractivity contribution in [2.45, 2.75) is 43.5 Å². The zero-order valence-electron chi connectivity index (χ0n) is 17.0. The molecule has 2 aliphatic heterocycles. The topological polar surface area (TPSA) is 49.9 Å². The van der Waals surface area contributed by atoms with Crippen LogP contribution in [0.25, 0.3) is 0 Å². The maximum atomic E-state index is 13.1. The molecule has 0 amide bonds. The van der Waals surface area contributed by atoms with Gasteiger partial charge in [-0.05, 0) is 81.1 Å². The van der Waals surface area contributed by atoms with E-state index in [4.69, 9.17) is 4.74 Å². The molecule has 0 saturated carbocycles. The highest BCUT2D eigenvalue weighted by molar-refractivity contribution is 7.89. The number of hydrogen-bond donors (Lipinski definition) is 0. The number of hydrogen-bond acceptors (Lipinski definition) is 4. The maximum Gasteiger partial charge on any atom is 0.243 e. The molecule has 4 rings (SSSR count). The van der Waals surface area contributed by atoms with Gasteiger partial charge in [0.05, 0.1) is 4.90 Å². The Balaban J connectivity index is 1.36. The molecule has 2 aromatic rings. The molecule has 2 aromatic carbocycles. The minimum absolute atomic E-state index is 0.336. The first-order chi connectivity index (χ1) is 14.0. The largest absolute Gasteiger partial charge is 0.457 e. The average molecular weight is 415 g/mol. The molecule has 0 aromatic heterocycles. The van der Waals surface area contributed by atoms with Crippen LogP contribution in [-0.4, -0.2) is 49.8 Å². The predicted octanol–water partition coefficient (Wildman–Crippen LogP) is 4.36. The van der Waals surface area contributed by atoms with E-state index in [1.807, 2.05) is 30.3 Å². The van der Waals surface area contributed by atoms with E-state index in [1.54, 1.807) is 28.6 Å². The number of benzene rings is 2. The van der Waals surface area contributed by atoms with Crippen molar-refractivity contribution in [3.8, 4) is 11.5 Å². The number of ether oxygens (including phenoxy) is 1. The summed E-state index contributed by atoms with van der Waals surface area (Å²) in [6.07, 6.45) is 4.36. The highest BCUT2D eigenvalue weighted by Crippen LogP contribution is 2.28. The first-order valence-electron chi connectivity index (χ1n) is 10.6. The lowest BCUT2D eigenvalue weighted by Crippen LogP contribution is -2.48. The fourth-order valence-corrected chi connectivity index (χ4v) is 5.76. The van der Waals surface area contributed by atoms with Gasteiger partial charge in [-0.25, -0.2) is 8.42 Å². The molecule has 5 nitrogen and oxygen atoms in total. The van der Waals surface area contributed by atoms with Gasteiger partial charge < -0.3 is 9.64 Å². The summed E-state index contributed by atoms with van der Waals surface area (Å²) in [6.45, 7) is 5.83. The summed E-state index contributed by atoms with van der Waals surface area (Å²) in [4.78, 5) is 2.91. The van der Waals surface area contributed by atoms with E-state index in [1.165, 1.54) is 12.8 Å². The number of nitrogens with zero attached hydrogens (tertiary/aromatic N) is 2. The molecule has 0 bridgehead atoms. The lowest BCUT2D eigenvalue weighted by molar-refractivity contribution is 0.101. The maximum absolute atomic E-state index is 13.1. The third-order valence-corrected chi connectivity index (χ3v) is 8.11. The summed E-state index contributed by atoms with van der Waals surface area (Å²) >= 11 is 0. The number of sulfonamides is 1. The van der Waals surface area contributed by atoms with Crippen LogP contribution in [0.5, 0.6) is 11.5 Å². The van der Waals surface area contributed by atoms with Gasteiger partial charge in [-0.3, -0.25) is 0 Å². The van der Waals surface area contributed by atoms with Crippen LogP contribution in [0.3, 0.4) is 0 Å². The van der Waals surface area contributed by atoms with Gasteiger partial charge in [-0.1, -0.05) is 25.1 Å². The summed E-state index contributed by atoms with van der Waals surface area (Å²) < 4.78 is 33.5. The summed E-state index contributed by atoms with van der Waals surface area (Å²) in [7, 11) is -3.46. The first-order valence-corrected chi connectivity index (χ1v) is 12.0. The van der Waals surface area contributed by atoms with Crippen molar-refractivity contribution < 1.29 is 13.2 Å². The Kier molecular flexibility index (Phi) is 6.23. The Morgan fingerprint density at radius 1 is 0.793 bits per heavy atom. The highest BCUT2D eigenvalue weighted by atomic mass is 32.2. The first kappa shape index (κ1) is 20.4. The molecule has 156 valence electrons. The number of likely N-dealkylation sites (tertiary alicyclic amines) is 1. The minimum Gasteiger partial charge on any atom is -0.457 e. The Hall–Kier alpha value is -1.89. The standard InChI is InChI=1S/C23H30N2O3S/c1-19-11-15-24(16-12-19)20-13-17-25(18-14-20)29(26,27)23-9-7-22(8-10-23)28-21-5-3-2-4-6-21/h2-10,19-20H,11-18H2,1H3. The number of piperidine rings is 2. The van der Waals surface area contributed by atoms with Crippen LogP contribution >= 0.6 is 0 Å². The van der Waals surface area contributed by atoms with Crippen LogP contribution in [0.1, 0.15) is 32.6 Å². The molecule has 0 spiro atoms. The van der Waals surface area contributed by atoms with Crippen molar-refractivity contribution >= 4 is 10.0 Å². The van der Waals surface area contributed by atoms with E-state index in [9.17, 15) is 8.42 Å². The van der Waals surface area contributed by atoms with Crippen molar-refractivity contribution in [2.24, 2.45) is 5.92 Å². The lowest BCUT2D eigenvalue weighted by atomic mass is 9.95. The number of rotatable bonds is 5. The van der Waals surface area contributed by atoms with Gasteiger partial charge >= 0.3 is 0 Å². The molecule has 29 heavy (non-hydrogen) atoms. The molecule has 2 aliphatic rings. The number of para-hydroxylation sites is 1. The zero-order valence-corrected chi connectivity index (χ0v) is 17.9. The van der Waals surface area contributed by atoms with Gasteiger partial charge in [0.25, 0.3) is 0 Å². The van der Waals surface area contributed by atoms with Crippen LogP contribution in [0.2, 0.25) is 0 Å². The van der Waals surface area contributed by atoms with Crippen LogP contribution in [0.15, 0.2) is 59.5 Å². The van der Waals surface area contributed by atoms with Gasteiger partial charge in [0.2, 0.25) is 10.0 Å². The van der Waals surface area contributed by atoms with E-state index in [-0.39, 0.29) is 0 Å². The summed E-state index contributed by atoms with van der Waals surface area (Å²) in [5.74, 6) is 2.19. The molecule has 0 N–H and O–H groups in total. The highest BCUT2D eigenvalue weighted by Gasteiger charge is 2.32. The normalized spacial score (nSPS) is 20.6. The summed E-state index contributed by atoms with van der Waals surface area (Å²) in [5.41, 5.74) is 0. The van der Waals surface area contributed by atoms with Crippen molar-refractivity contribution in [1.29, 1.82) is 0 Å². The van der Waals surface area contributed by atoms with E-state index >= 15 is 0 Å². The van der Waals surface area contributed by atoms with Crippen LogP contribution in [0, 0.1) is 5.92 Å². The van der Waals surface area contributed by atoms with Gasteiger partial charge in [0, 0.05) is 19.1 Å². The molecule has 0 atom stereocenters. The second-order valence-electron chi connectivity index (χ2n) is 8.24. The SMILES string of the molecule is CC1CCN(C2CCN(S(=O)(=O)c3ccc(Oc4ccccc4)cc3)CC2)CC1. The molecule has 0 aliphatic carbocycles. The molecule has 0 unspecified atom stereocenters. The Labute approximate surface area is 174 Å². The van der Waals surface area contributed by atoms with Gasteiger partial charge in [0.15, 0.2) is 0 Å². The molecule has 2 saturated heterocycles. The fraction of sp³-hybridized carbons (Fsp3) is 0.478. The summed E-state index contributed by atoms with van der Waals surface area (Å²) in [5, 5.41) is 0. The van der Waals surface area contributed by atoms with Crippen molar-refractivity contribution in [3.63, 3.8) is 0 Å². The Morgan fingerprint density at radius 3 is 2.00 bits per heavy atom. The third-order valence-electron chi connectivity index (χ3n) is 6.20.